The highest BCUT2D eigenvalue weighted by molar-refractivity contribution is 6.30. The molecule has 0 unspecified atom stereocenters. The lowest BCUT2D eigenvalue weighted by Crippen LogP contribution is -2.34. The van der Waals surface area contributed by atoms with Crippen molar-refractivity contribution in [3.63, 3.8) is 0 Å². The quantitative estimate of drug-likeness (QED) is 0.588. The summed E-state index contributed by atoms with van der Waals surface area (Å²) in [6, 6.07) is 6.92. The summed E-state index contributed by atoms with van der Waals surface area (Å²) in [6.07, 6.45) is 0.564. The summed E-state index contributed by atoms with van der Waals surface area (Å²) in [5.74, 6) is -0.863. The zero-order valence-electron chi connectivity index (χ0n) is 16.5. The van der Waals surface area contributed by atoms with Crippen LogP contribution < -0.4 is 4.74 Å². The van der Waals surface area contributed by atoms with Crippen LogP contribution in [0.4, 0.5) is 8.78 Å². The Kier molecular flexibility index (Phi) is 5.42. The van der Waals surface area contributed by atoms with E-state index in [0.29, 0.717) is 42.2 Å². The number of rotatable bonds is 4. The van der Waals surface area contributed by atoms with Gasteiger partial charge in [0, 0.05) is 49.3 Å². The van der Waals surface area contributed by atoms with Gasteiger partial charge < -0.3 is 9.64 Å². The third kappa shape index (κ3) is 3.75. The summed E-state index contributed by atoms with van der Waals surface area (Å²) >= 11 is 6.19. The Balaban J connectivity index is 1.80. The van der Waals surface area contributed by atoms with Crippen LogP contribution >= 0.6 is 11.6 Å². The average Bonchev–Trinajstić information content (AvgIpc) is 3.07. The third-order valence-electron chi connectivity index (χ3n) is 5.19. The van der Waals surface area contributed by atoms with Crippen molar-refractivity contribution >= 4 is 17.5 Å². The molecular formula is C21H19ClF2N4O2. The number of ether oxygens (including phenoxy) is 1. The Hall–Kier alpha value is -3.00. The minimum atomic E-state index is -0.632. The summed E-state index contributed by atoms with van der Waals surface area (Å²) in [5, 5.41) is 4.86. The summed E-state index contributed by atoms with van der Waals surface area (Å²) in [4.78, 5) is 18.0. The van der Waals surface area contributed by atoms with Crippen molar-refractivity contribution in [2.75, 3.05) is 13.7 Å². The van der Waals surface area contributed by atoms with E-state index >= 15 is 0 Å². The van der Waals surface area contributed by atoms with Gasteiger partial charge >= 0.3 is 0 Å². The topological polar surface area (TPSA) is 60.2 Å². The highest BCUT2D eigenvalue weighted by Gasteiger charge is 2.28. The molecule has 30 heavy (non-hydrogen) atoms. The van der Waals surface area contributed by atoms with E-state index < -0.39 is 11.6 Å². The van der Waals surface area contributed by atoms with Crippen LogP contribution in [0, 0.1) is 11.6 Å². The van der Waals surface area contributed by atoms with Crippen LogP contribution in [0.15, 0.2) is 30.3 Å². The molecule has 0 saturated carbocycles. The number of nitrogens with zero attached hydrogens (tertiary/aromatic N) is 4. The number of pyridine rings is 1. The zero-order valence-corrected chi connectivity index (χ0v) is 17.2. The van der Waals surface area contributed by atoms with Gasteiger partial charge in [-0.15, -0.1) is 0 Å². The molecule has 0 fully saturated rings. The number of methoxy groups -OCH3 is 1. The van der Waals surface area contributed by atoms with Crippen LogP contribution in [-0.2, 0) is 24.3 Å². The van der Waals surface area contributed by atoms with Gasteiger partial charge in [-0.05, 0) is 18.2 Å². The SMILES string of the molecule is COc1ccc(-c2nn(Cc3ccc(F)cc3F)c3c2CN(C(C)=O)CC3)nc1Cl. The first-order valence-electron chi connectivity index (χ1n) is 9.36. The van der Waals surface area contributed by atoms with Crippen molar-refractivity contribution in [1.29, 1.82) is 0 Å². The predicted molar refractivity (Wildman–Crippen MR) is 107 cm³/mol. The van der Waals surface area contributed by atoms with Gasteiger partial charge in [0.25, 0.3) is 0 Å². The number of hydrogen-bond acceptors (Lipinski definition) is 4. The van der Waals surface area contributed by atoms with Gasteiger partial charge in [-0.3, -0.25) is 9.48 Å². The highest BCUT2D eigenvalue weighted by atomic mass is 35.5. The van der Waals surface area contributed by atoms with Gasteiger partial charge in [-0.2, -0.15) is 5.10 Å². The Morgan fingerprint density at radius 3 is 2.73 bits per heavy atom. The molecule has 0 radical (unpaired) electrons. The maximum absolute atomic E-state index is 14.2. The number of carbonyl (C=O) groups excluding carboxylic acids is 1. The first-order chi connectivity index (χ1) is 14.4. The second-order valence-corrected chi connectivity index (χ2v) is 7.41. The van der Waals surface area contributed by atoms with E-state index in [4.69, 9.17) is 16.3 Å². The molecule has 0 atom stereocenters. The van der Waals surface area contributed by atoms with Gasteiger partial charge in [0.2, 0.25) is 5.91 Å². The molecule has 6 nitrogen and oxygen atoms in total. The molecule has 1 amide bonds. The standard InChI is InChI=1S/C21H19ClF2N4O2/c1-12(29)27-8-7-18-15(11-27)20(17-5-6-19(30-2)21(22)25-17)26-28(18)10-13-3-4-14(23)9-16(13)24/h3-6,9H,7-8,10-11H2,1-2H3. The molecule has 3 aromatic rings. The average molecular weight is 433 g/mol. The van der Waals surface area contributed by atoms with Crippen molar-refractivity contribution in [2.45, 2.75) is 26.4 Å². The largest absolute Gasteiger partial charge is 0.494 e. The number of aromatic nitrogens is 3. The van der Waals surface area contributed by atoms with Gasteiger partial charge in [-0.25, -0.2) is 13.8 Å². The van der Waals surface area contributed by atoms with Crippen LogP contribution in [0.25, 0.3) is 11.4 Å². The van der Waals surface area contributed by atoms with E-state index in [1.165, 1.54) is 26.2 Å². The number of amides is 1. The van der Waals surface area contributed by atoms with Crippen molar-refractivity contribution in [2.24, 2.45) is 0 Å². The van der Waals surface area contributed by atoms with E-state index in [2.05, 4.69) is 10.1 Å². The van der Waals surface area contributed by atoms with E-state index in [1.54, 1.807) is 21.7 Å². The van der Waals surface area contributed by atoms with Gasteiger partial charge in [0.1, 0.15) is 17.3 Å². The lowest BCUT2D eigenvalue weighted by Gasteiger charge is -2.26. The summed E-state index contributed by atoms with van der Waals surface area (Å²) < 4.78 is 34.3. The molecule has 1 aromatic carbocycles. The first-order valence-corrected chi connectivity index (χ1v) is 9.74. The molecular weight excluding hydrogens is 414 g/mol. The fraction of sp³-hybridized carbons (Fsp3) is 0.286. The Morgan fingerprint density at radius 1 is 1.27 bits per heavy atom. The molecule has 9 heteroatoms. The maximum Gasteiger partial charge on any atom is 0.219 e. The number of fused-ring (bicyclic) bond motifs is 1. The fourth-order valence-electron chi connectivity index (χ4n) is 3.61. The summed E-state index contributed by atoms with van der Waals surface area (Å²) in [7, 11) is 1.50. The minimum absolute atomic E-state index is 0.0374. The van der Waals surface area contributed by atoms with E-state index in [1.807, 2.05) is 0 Å². The smallest absolute Gasteiger partial charge is 0.219 e. The van der Waals surface area contributed by atoms with Crippen LogP contribution in [0.2, 0.25) is 5.15 Å². The van der Waals surface area contributed by atoms with E-state index in [-0.39, 0.29) is 17.6 Å². The Bertz CT molecular complexity index is 1130. The maximum atomic E-state index is 14.2. The number of benzene rings is 1. The highest BCUT2D eigenvalue weighted by Crippen LogP contribution is 2.32. The zero-order chi connectivity index (χ0) is 21.4. The fourth-order valence-corrected chi connectivity index (χ4v) is 3.84. The van der Waals surface area contributed by atoms with E-state index in [0.717, 1.165) is 17.3 Å². The van der Waals surface area contributed by atoms with Gasteiger partial charge in [0.15, 0.2) is 10.9 Å². The molecule has 1 aliphatic heterocycles. The number of carbonyl (C=O) groups is 1. The number of hydrogen-bond donors (Lipinski definition) is 0. The molecule has 156 valence electrons. The molecule has 0 bridgehead atoms. The predicted octanol–water partition coefficient (Wildman–Crippen LogP) is 3.84. The van der Waals surface area contributed by atoms with Crippen LogP contribution in [-0.4, -0.2) is 39.2 Å². The lowest BCUT2D eigenvalue weighted by atomic mass is 10.0. The van der Waals surface area contributed by atoms with E-state index in [9.17, 15) is 13.6 Å². The van der Waals surface area contributed by atoms with Crippen LogP contribution in [0.3, 0.4) is 0 Å². The third-order valence-corrected chi connectivity index (χ3v) is 5.46. The van der Waals surface area contributed by atoms with Crippen LogP contribution in [0.1, 0.15) is 23.7 Å². The monoisotopic (exact) mass is 432 g/mol. The first kappa shape index (κ1) is 20.3. The van der Waals surface area contributed by atoms with Crippen molar-refractivity contribution < 1.29 is 18.3 Å². The molecule has 0 saturated heterocycles. The molecule has 0 spiro atoms. The van der Waals surface area contributed by atoms with Crippen molar-refractivity contribution in [3.05, 3.63) is 63.9 Å². The molecule has 4 rings (SSSR count). The second-order valence-electron chi connectivity index (χ2n) is 7.05. The van der Waals surface area contributed by atoms with Gasteiger partial charge in [0.05, 0.1) is 19.3 Å². The molecule has 0 aliphatic carbocycles. The second kappa shape index (κ2) is 8.02. The lowest BCUT2D eigenvalue weighted by molar-refractivity contribution is -0.129. The molecule has 0 N–H and O–H groups in total. The summed E-state index contributed by atoms with van der Waals surface area (Å²) in [5.41, 5.74) is 3.15. The van der Waals surface area contributed by atoms with Crippen molar-refractivity contribution in [1.82, 2.24) is 19.7 Å². The Morgan fingerprint density at radius 2 is 2.07 bits per heavy atom. The number of halogens is 3. The normalized spacial score (nSPS) is 13.3. The molecule has 2 aromatic heterocycles. The van der Waals surface area contributed by atoms with Crippen molar-refractivity contribution in [3.8, 4) is 17.1 Å². The Labute approximate surface area is 177 Å². The van der Waals surface area contributed by atoms with Gasteiger partial charge in [-0.1, -0.05) is 17.7 Å². The minimum Gasteiger partial charge on any atom is -0.494 e. The molecule has 1 aliphatic rings. The van der Waals surface area contributed by atoms with Crippen LogP contribution in [0.5, 0.6) is 5.75 Å². The molecule has 3 heterocycles. The summed E-state index contributed by atoms with van der Waals surface area (Å²) in [6.45, 7) is 2.57.